The fraction of sp³-hybridized carbons (Fsp3) is 0.462. The van der Waals surface area contributed by atoms with Gasteiger partial charge in [-0.05, 0) is 62.2 Å². The van der Waals surface area contributed by atoms with Crippen LogP contribution in [0, 0.1) is 0 Å². The van der Waals surface area contributed by atoms with E-state index < -0.39 is 29.0 Å². The van der Waals surface area contributed by atoms with Gasteiger partial charge in [0.1, 0.15) is 24.2 Å². The van der Waals surface area contributed by atoms with Crippen LogP contribution < -0.4 is 15.0 Å². The highest BCUT2D eigenvalue weighted by molar-refractivity contribution is 7.84. The first-order chi connectivity index (χ1) is 18.5. The van der Waals surface area contributed by atoms with Crippen molar-refractivity contribution >= 4 is 28.4 Å². The molecule has 1 aliphatic heterocycles. The third-order valence-corrected chi connectivity index (χ3v) is 7.00. The Kier molecular flexibility index (Phi) is 10.6. The zero-order chi connectivity index (χ0) is 28.6. The molecular weight excluding hydrogens is 541 g/mol. The van der Waals surface area contributed by atoms with Gasteiger partial charge in [0.25, 0.3) is 0 Å². The SMILES string of the molecule is CCOC(=O)c1ccc(N2CCC(NCC(COc3ccc(O)c(S(C)=O)c3)OC(=O)C(F)(F)F)CC2)cc1. The first-order valence-corrected chi connectivity index (χ1v) is 13.9. The lowest BCUT2D eigenvalue weighted by atomic mass is 10.0. The lowest BCUT2D eigenvalue weighted by Gasteiger charge is -2.34. The van der Waals surface area contributed by atoms with E-state index in [9.17, 15) is 32.1 Å². The average molecular weight is 573 g/mol. The summed E-state index contributed by atoms with van der Waals surface area (Å²) in [6.45, 7) is 2.91. The highest BCUT2D eigenvalue weighted by atomic mass is 32.2. The molecule has 1 saturated heterocycles. The van der Waals surface area contributed by atoms with Crippen molar-refractivity contribution in [2.75, 3.05) is 44.0 Å². The van der Waals surface area contributed by atoms with Gasteiger partial charge < -0.3 is 29.5 Å². The maximum atomic E-state index is 12.8. The van der Waals surface area contributed by atoms with Crippen LogP contribution in [0.1, 0.15) is 30.1 Å². The number of phenols is 1. The second-order valence-corrected chi connectivity index (χ2v) is 10.2. The minimum absolute atomic E-state index is 0.0325. The Morgan fingerprint density at radius 1 is 1.15 bits per heavy atom. The van der Waals surface area contributed by atoms with Crippen molar-refractivity contribution in [1.82, 2.24) is 5.32 Å². The highest BCUT2D eigenvalue weighted by Crippen LogP contribution is 2.26. The van der Waals surface area contributed by atoms with Gasteiger partial charge in [0, 0.05) is 37.6 Å². The molecule has 0 amide bonds. The molecule has 0 radical (unpaired) electrons. The lowest BCUT2D eigenvalue weighted by molar-refractivity contribution is -0.205. The van der Waals surface area contributed by atoms with E-state index in [0.29, 0.717) is 38.1 Å². The van der Waals surface area contributed by atoms with Crippen LogP contribution in [0.5, 0.6) is 11.5 Å². The number of carbonyl (C=O) groups excluding carboxylic acids is 2. The van der Waals surface area contributed by atoms with Gasteiger partial charge in [-0.2, -0.15) is 13.2 Å². The number of carbonyl (C=O) groups is 2. The molecule has 2 aromatic rings. The van der Waals surface area contributed by atoms with Crippen molar-refractivity contribution in [3.8, 4) is 11.5 Å². The lowest BCUT2D eigenvalue weighted by Crippen LogP contribution is -2.47. The summed E-state index contributed by atoms with van der Waals surface area (Å²) in [7, 11) is -1.52. The number of alkyl halides is 3. The predicted molar refractivity (Wildman–Crippen MR) is 138 cm³/mol. The number of benzene rings is 2. The van der Waals surface area contributed by atoms with E-state index in [2.05, 4.69) is 15.0 Å². The molecule has 0 saturated carbocycles. The summed E-state index contributed by atoms with van der Waals surface area (Å²) in [6.07, 6.45) is -3.68. The Morgan fingerprint density at radius 3 is 2.41 bits per heavy atom. The monoisotopic (exact) mass is 572 g/mol. The maximum Gasteiger partial charge on any atom is 0.490 e. The Morgan fingerprint density at radius 2 is 1.82 bits per heavy atom. The van der Waals surface area contributed by atoms with Crippen LogP contribution >= 0.6 is 0 Å². The smallest absolute Gasteiger partial charge is 0.490 e. The normalized spacial score (nSPS) is 15.9. The van der Waals surface area contributed by atoms with Gasteiger partial charge in [-0.25, -0.2) is 9.59 Å². The molecule has 13 heteroatoms. The molecule has 9 nitrogen and oxygen atoms in total. The zero-order valence-electron chi connectivity index (χ0n) is 21.5. The van der Waals surface area contributed by atoms with Crippen molar-refractivity contribution in [3.05, 3.63) is 48.0 Å². The molecule has 2 aromatic carbocycles. The number of piperidine rings is 1. The number of nitrogens with one attached hydrogen (secondary N) is 1. The number of hydrogen-bond acceptors (Lipinski definition) is 9. The molecule has 2 unspecified atom stereocenters. The van der Waals surface area contributed by atoms with Crippen LogP contribution in [0.2, 0.25) is 0 Å². The summed E-state index contributed by atoms with van der Waals surface area (Å²) in [5.41, 5.74) is 1.40. The first-order valence-electron chi connectivity index (χ1n) is 12.3. The number of phenolic OH excluding ortho intramolecular Hbond substituents is 1. The minimum atomic E-state index is -5.16. The van der Waals surface area contributed by atoms with Gasteiger partial charge >= 0.3 is 18.1 Å². The van der Waals surface area contributed by atoms with E-state index in [1.54, 1.807) is 19.1 Å². The summed E-state index contributed by atoms with van der Waals surface area (Å²) in [6, 6.07) is 11.0. The van der Waals surface area contributed by atoms with Crippen molar-refractivity contribution in [2.24, 2.45) is 0 Å². The zero-order valence-corrected chi connectivity index (χ0v) is 22.3. The van der Waals surface area contributed by atoms with Crippen LogP contribution in [-0.4, -0.2) is 78.7 Å². The number of anilines is 1. The molecule has 3 rings (SSSR count). The van der Waals surface area contributed by atoms with E-state index in [1.807, 2.05) is 12.1 Å². The number of aromatic hydroxyl groups is 1. The van der Waals surface area contributed by atoms with Crippen molar-refractivity contribution in [2.45, 2.75) is 43.0 Å². The number of rotatable bonds is 11. The predicted octanol–water partition coefficient (Wildman–Crippen LogP) is 3.42. The van der Waals surface area contributed by atoms with Crippen LogP contribution in [0.3, 0.4) is 0 Å². The average Bonchev–Trinajstić information content (AvgIpc) is 2.90. The number of esters is 2. The molecule has 1 aliphatic rings. The Hall–Kier alpha value is -3.32. The summed E-state index contributed by atoms with van der Waals surface area (Å²) in [5, 5.41) is 13.0. The quantitative estimate of drug-likeness (QED) is 0.391. The summed E-state index contributed by atoms with van der Waals surface area (Å²) >= 11 is 0. The number of ether oxygens (including phenoxy) is 3. The van der Waals surface area contributed by atoms with Gasteiger partial charge in [-0.15, -0.1) is 0 Å². The van der Waals surface area contributed by atoms with E-state index in [1.165, 1.54) is 24.5 Å². The van der Waals surface area contributed by atoms with E-state index in [0.717, 1.165) is 5.69 Å². The summed E-state index contributed by atoms with van der Waals surface area (Å²) in [4.78, 5) is 25.6. The van der Waals surface area contributed by atoms with E-state index >= 15 is 0 Å². The fourth-order valence-electron chi connectivity index (χ4n) is 4.02. The molecule has 214 valence electrons. The minimum Gasteiger partial charge on any atom is -0.507 e. The Bertz CT molecular complexity index is 1150. The molecule has 0 spiro atoms. The molecule has 0 bridgehead atoms. The Labute approximate surface area is 226 Å². The number of nitrogens with zero attached hydrogens (tertiary/aromatic N) is 1. The van der Waals surface area contributed by atoms with E-state index in [4.69, 9.17) is 9.47 Å². The van der Waals surface area contributed by atoms with Gasteiger partial charge in [-0.1, -0.05) is 0 Å². The maximum absolute atomic E-state index is 12.8. The highest BCUT2D eigenvalue weighted by Gasteiger charge is 2.42. The fourth-order valence-corrected chi connectivity index (χ4v) is 4.66. The third-order valence-electron chi connectivity index (χ3n) is 6.05. The number of hydrogen-bond donors (Lipinski definition) is 2. The van der Waals surface area contributed by atoms with Crippen LogP contribution in [-0.2, 0) is 25.1 Å². The molecule has 0 aromatic heterocycles. The first kappa shape index (κ1) is 30.2. The van der Waals surface area contributed by atoms with Gasteiger partial charge in [0.05, 0.1) is 27.9 Å². The molecule has 39 heavy (non-hydrogen) atoms. The van der Waals surface area contributed by atoms with Crippen LogP contribution in [0.15, 0.2) is 47.4 Å². The molecule has 2 atom stereocenters. The second-order valence-electron chi connectivity index (χ2n) is 8.86. The Balaban J connectivity index is 1.55. The van der Waals surface area contributed by atoms with Gasteiger partial charge in [0.15, 0.2) is 0 Å². The third kappa shape index (κ3) is 8.85. The second kappa shape index (κ2) is 13.7. The standard InChI is InChI=1S/C26H31F3N2O7S/c1-3-36-24(33)17-4-6-19(7-5-17)31-12-10-18(11-13-31)30-15-21(38-25(34)26(27,28)29)16-37-20-8-9-22(32)23(14-20)39(2)35/h4-9,14,18,21,30,32H,3,10-13,15-16H2,1-2H3. The largest absolute Gasteiger partial charge is 0.507 e. The molecule has 2 N–H and O–H groups in total. The van der Waals surface area contributed by atoms with Crippen LogP contribution in [0.25, 0.3) is 0 Å². The van der Waals surface area contributed by atoms with Crippen LogP contribution in [0.4, 0.5) is 18.9 Å². The molecular formula is C26H31F3N2O7S. The molecule has 1 heterocycles. The number of halogens is 3. The van der Waals surface area contributed by atoms with E-state index in [-0.39, 0.29) is 41.6 Å². The topological polar surface area (TPSA) is 114 Å². The van der Waals surface area contributed by atoms with Crippen molar-refractivity contribution < 1.29 is 46.3 Å². The van der Waals surface area contributed by atoms with Crippen molar-refractivity contribution in [1.29, 1.82) is 0 Å². The van der Waals surface area contributed by atoms with Crippen molar-refractivity contribution in [3.63, 3.8) is 0 Å². The van der Waals surface area contributed by atoms with Gasteiger partial charge in [0.2, 0.25) is 0 Å². The summed E-state index contributed by atoms with van der Waals surface area (Å²) < 4.78 is 65.4. The summed E-state index contributed by atoms with van der Waals surface area (Å²) in [5.74, 6) is -2.75. The molecule has 0 aliphatic carbocycles. The van der Waals surface area contributed by atoms with Gasteiger partial charge in [-0.3, -0.25) is 4.21 Å². The molecule has 1 fully saturated rings.